The minimum Gasteiger partial charge on any atom is -0.380 e. The molecule has 0 saturated heterocycles. The van der Waals surface area contributed by atoms with E-state index in [0.29, 0.717) is 37.3 Å². The smallest absolute Gasteiger partial charge is 0.220 e. The van der Waals surface area contributed by atoms with Crippen molar-refractivity contribution in [1.29, 1.82) is 0 Å². The zero-order valence-electron chi connectivity index (χ0n) is 16.4. The van der Waals surface area contributed by atoms with Crippen molar-refractivity contribution in [1.82, 2.24) is 20.3 Å². The lowest BCUT2D eigenvalue weighted by atomic mass is 10.2. The van der Waals surface area contributed by atoms with Crippen LogP contribution in [0.2, 0.25) is 0 Å². The number of nitrogens with zero attached hydrogens (tertiary/aromatic N) is 3. The van der Waals surface area contributed by atoms with E-state index >= 15 is 0 Å². The predicted octanol–water partition coefficient (Wildman–Crippen LogP) is 3.05. The second-order valence-corrected chi connectivity index (χ2v) is 8.22. The summed E-state index contributed by atoms with van der Waals surface area (Å²) in [6.07, 6.45) is 7.33. The summed E-state index contributed by atoms with van der Waals surface area (Å²) < 4.78 is 13.4. The van der Waals surface area contributed by atoms with Crippen LogP contribution in [-0.2, 0) is 32.0 Å². The molecule has 1 aromatic rings. The molecule has 0 aromatic carbocycles. The van der Waals surface area contributed by atoms with E-state index in [9.17, 15) is 9.59 Å². The first-order chi connectivity index (χ1) is 13.5. The van der Waals surface area contributed by atoms with E-state index in [1.54, 1.807) is 0 Å². The van der Waals surface area contributed by atoms with Gasteiger partial charge < -0.3 is 14.8 Å². The maximum absolute atomic E-state index is 12.1. The summed E-state index contributed by atoms with van der Waals surface area (Å²) in [4.78, 5) is 23.0. The summed E-state index contributed by atoms with van der Waals surface area (Å²) >= 11 is 3.96. The van der Waals surface area contributed by atoms with Gasteiger partial charge in [0.1, 0.15) is 0 Å². The Labute approximate surface area is 194 Å². The van der Waals surface area contributed by atoms with Gasteiger partial charge >= 0.3 is 0 Å². The Morgan fingerprint density at radius 1 is 1.18 bits per heavy atom. The fourth-order valence-corrected chi connectivity index (χ4v) is 3.22. The van der Waals surface area contributed by atoms with Crippen molar-refractivity contribution in [3.8, 4) is 0 Å². The highest BCUT2D eigenvalue weighted by molar-refractivity contribution is 14.1. The minimum atomic E-state index is -0.0988. The number of carbonyl (C=O) groups excluding carboxylic acids is 2. The van der Waals surface area contributed by atoms with Gasteiger partial charge in [-0.1, -0.05) is 34.2 Å². The first-order valence-electron chi connectivity index (χ1n) is 9.63. The maximum atomic E-state index is 12.1. The molecule has 0 saturated carbocycles. The number of amides is 1. The second-order valence-electron chi connectivity index (χ2n) is 6.40. The normalized spacial score (nSPS) is 12.1. The van der Waals surface area contributed by atoms with Crippen LogP contribution in [0.3, 0.4) is 0 Å². The van der Waals surface area contributed by atoms with Crippen LogP contribution in [0.4, 0.5) is 0 Å². The number of hydrogen-bond acceptors (Lipinski definition) is 6. The van der Waals surface area contributed by atoms with E-state index in [1.165, 1.54) is 0 Å². The predicted molar refractivity (Wildman–Crippen MR) is 124 cm³/mol. The van der Waals surface area contributed by atoms with E-state index in [0.717, 1.165) is 44.3 Å². The van der Waals surface area contributed by atoms with Gasteiger partial charge in [0.2, 0.25) is 5.91 Å². The van der Waals surface area contributed by atoms with Crippen LogP contribution >= 0.6 is 45.2 Å². The molecule has 1 unspecified atom stereocenters. The minimum absolute atomic E-state index is 0.0367. The average Bonchev–Trinajstić information content (AvgIpc) is 3.11. The van der Waals surface area contributed by atoms with Gasteiger partial charge in [-0.15, -0.1) is 5.10 Å². The molecule has 0 radical (unpaired) electrons. The lowest BCUT2D eigenvalue weighted by Gasteiger charge is -2.18. The van der Waals surface area contributed by atoms with E-state index in [2.05, 4.69) is 38.2 Å². The number of halogens is 2. The summed E-state index contributed by atoms with van der Waals surface area (Å²) in [5.41, 5.74) is 0.922. The fourth-order valence-electron chi connectivity index (χ4n) is 2.59. The summed E-state index contributed by atoms with van der Waals surface area (Å²) in [5, 5.41) is 11.2. The van der Waals surface area contributed by atoms with E-state index in [1.807, 2.05) is 40.4 Å². The molecule has 0 spiro atoms. The Balaban J connectivity index is 2.16. The Hall–Kier alpha value is -0.340. The van der Waals surface area contributed by atoms with E-state index in [-0.39, 0.29) is 15.7 Å². The molecule has 0 aliphatic heterocycles. The third-order valence-corrected chi connectivity index (χ3v) is 4.95. The van der Waals surface area contributed by atoms with Crippen LogP contribution in [0.1, 0.15) is 51.1 Å². The Morgan fingerprint density at radius 2 is 1.96 bits per heavy atom. The van der Waals surface area contributed by atoms with Crippen LogP contribution < -0.4 is 5.32 Å². The van der Waals surface area contributed by atoms with Crippen molar-refractivity contribution in [3.05, 3.63) is 11.9 Å². The van der Waals surface area contributed by atoms with Crippen molar-refractivity contribution in [2.24, 2.45) is 0 Å². The van der Waals surface area contributed by atoms with Crippen molar-refractivity contribution in [2.75, 3.05) is 24.4 Å². The number of nitrogens with one attached hydrogen (secondary N) is 1. The summed E-state index contributed by atoms with van der Waals surface area (Å²) in [6.45, 7) is 4.28. The highest BCUT2D eigenvalue weighted by atomic mass is 127. The van der Waals surface area contributed by atoms with E-state index in [4.69, 9.17) is 9.47 Å². The topological polar surface area (TPSA) is 95.3 Å². The van der Waals surface area contributed by atoms with Crippen LogP contribution in [0, 0.1) is 0 Å². The number of ether oxygens (including phenoxy) is 2. The number of alkyl halides is 1. The highest BCUT2D eigenvalue weighted by Crippen LogP contribution is 2.06. The van der Waals surface area contributed by atoms with Crippen molar-refractivity contribution in [3.63, 3.8) is 0 Å². The van der Waals surface area contributed by atoms with E-state index < -0.39 is 0 Å². The van der Waals surface area contributed by atoms with Gasteiger partial charge in [0.25, 0.3) is 0 Å². The maximum Gasteiger partial charge on any atom is 0.220 e. The summed E-state index contributed by atoms with van der Waals surface area (Å²) in [7, 11) is 0. The number of hydrogen-bond donors (Lipinski definition) is 1. The van der Waals surface area contributed by atoms with Crippen LogP contribution in [0.15, 0.2) is 6.20 Å². The molecule has 1 N–H and O–H groups in total. The second kappa shape index (κ2) is 16.5. The quantitative estimate of drug-likeness (QED) is 0.125. The molecule has 1 aromatic heterocycles. The lowest BCUT2D eigenvalue weighted by Crippen LogP contribution is -2.41. The number of unbranched alkanes of at least 4 members (excludes halogenated alkanes) is 2. The molecule has 0 aliphatic rings. The fraction of sp³-hybridized carbons (Fsp3) is 0.778. The first kappa shape index (κ1) is 25.7. The standard InChI is InChI=1S/C18H30I2N4O4/c1-2-27-12-16(13-28-14-19)21-18(26)9-4-3-5-10-24-11-15(22-23-24)7-6-8-17(20)25/h11,16H,2-10,12-14H2,1H3,(H,21,26). The van der Waals surface area contributed by atoms with Crippen LogP contribution in [0.5, 0.6) is 0 Å². The van der Waals surface area contributed by atoms with Gasteiger partial charge in [0.15, 0.2) is 3.79 Å². The zero-order chi connectivity index (χ0) is 20.6. The van der Waals surface area contributed by atoms with Gasteiger partial charge in [-0.05, 0) is 55.2 Å². The molecule has 8 nitrogen and oxygen atoms in total. The molecule has 0 fully saturated rings. The molecule has 0 bridgehead atoms. The van der Waals surface area contributed by atoms with Crippen LogP contribution in [-0.4, -0.2) is 55.2 Å². The SMILES string of the molecule is CCOCC(COCI)NC(=O)CCCCCn1cc(CCCC(=O)I)nn1. The number of aromatic nitrogens is 3. The summed E-state index contributed by atoms with van der Waals surface area (Å²) in [6, 6.07) is -0.0988. The van der Waals surface area contributed by atoms with Gasteiger partial charge in [-0.3, -0.25) is 14.3 Å². The number of carbonyl (C=O) groups is 2. The highest BCUT2D eigenvalue weighted by Gasteiger charge is 2.12. The third kappa shape index (κ3) is 13.0. The van der Waals surface area contributed by atoms with Crippen molar-refractivity contribution in [2.45, 2.75) is 64.5 Å². The molecule has 1 amide bonds. The lowest BCUT2D eigenvalue weighted by molar-refractivity contribution is -0.122. The molecular formula is C18H30I2N4O4. The number of rotatable bonds is 17. The monoisotopic (exact) mass is 620 g/mol. The van der Waals surface area contributed by atoms with Crippen molar-refractivity contribution < 1.29 is 19.1 Å². The molecule has 0 aliphatic carbocycles. The zero-order valence-corrected chi connectivity index (χ0v) is 20.7. The van der Waals surface area contributed by atoms with Gasteiger partial charge in [0.05, 0.1) is 29.6 Å². The molecule has 1 heterocycles. The molecule has 28 heavy (non-hydrogen) atoms. The molecular weight excluding hydrogens is 590 g/mol. The van der Waals surface area contributed by atoms with Gasteiger partial charge in [-0.25, -0.2) is 0 Å². The Kier molecular flexibility index (Phi) is 15.1. The molecule has 160 valence electrons. The number of aryl methyl sites for hydroxylation is 2. The molecule has 1 atom stereocenters. The average molecular weight is 620 g/mol. The molecule has 10 heteroatoms. The third-order valence-electron chi connectivity index (χ3n) is 3.97. The Morgan fingerprint density at radius 3 is 2.68 bits per heavy atom. The largest absolute Gasteiger partial charge is 0.380 e. The first-order valence-corrected chi connectivity index (χ1v) is 12.2. The van der Waals surface area contributed by atoms with Gasteiger partial charge in [0, 0.05) is 32.2 Å². The van der Waals surface area contributed by atoms with Crippen LogP contribution in [0.25, 0.3) is 0 Å². The Bertz CT molecular complexity index is 564. The van der Waals surface area contributed by atoms with Crippen molar-refractivity contribution >= 4 is 54.9 Å². The molecule has 1 rings (SSSR count). The summed E-state index contributed by atoms with van der Waals surface area (Å²) in [5.74, 6) is 0.0367. The van der Waals surface area contributed by atoms with Gasteiger partial charge in [-0.2, -0.15) is 0 Å².